The van der Waals surface area contributed by atoms with Crippen molar-refractivity contribution in [3.63, 3.8) is 0 Å². The van der Waals surface area contributed by atoms with Crippen molar-refractivity contribution < 1.29 is 0 Å². The molecule has 0 bridgehead atoms. The van der Waals surface area contributed by atoms with E-state index >= 15 is 0 Å². The number of hydrogen-bond donors (Lipinski definition) is 0. The van der Waals surface area contributed by atoms with E-state index in [1.54, 1.807) is 0 Å². The first-order valence-electron chi connectivity index (χ1n) is 5.09. The first-order chi connectivity index (χ1) is 6.29. The van der Waals surface area contributed by atoms with Crippen LogP contribution in [0, 0.1) is 0 Å². The molecule has 2 rings (SSSR count). The Morgan fingerprint density at radius 3 is 2.69 bits per heavy atom. The quantitative estimate of drug-likeness (QED) is 0.738. The molecule has 0 aromatic heterocycles. The Labute approximate surface area is 88.5 Å². The molecule has 0 nitrogen and oxygen atoms in total. The van der Waals surface area contributed by atoms with Crippen LogP contribution in [0.3, 0.4) is 0 Å². The van der Waals surface area contributed by atoms with Gasteiger partial charge < -0.3 is 0 Å². The highest BCUT2D eigenvalue weighted by atomic mass is 79.9. The van der Waals surface area contributed by atoms with Crippen LogP contribution in [0.15, 0.2) is 22.7 Å². The largest absolute Gasteiger partial charge is 0.0651 e. The van der Waals surface area contributed by atoms with Crippen molar-refractivity contribution in [3.8, 4) is 0 Å². The highest BCUT2D eigenvalue weighted by molar-refractivity contribution is 9.10. The molecule has 0 unspecified atom stereocenters. The van der Waals surface area contributed by atoms with Crippen LogP contribution in [0.25, 0.3) is 0 Å². The lowest BCUT2D eigenvalue weighted by atomic mass is 10.0. The minimum absolute atomic E-state index is 0.869. The van der Waals surface area contributed by atoms with Gasteiger partial charge in [0.05, 0.1) is 0 Å². The van der Waals surface area contributed by atoms with Gasteiger partial charge in [0.2, 0.25) is 0 Å². The van der Waals surface area contributed by atoms with Crippen LogP contribution in [0.5, 0.6) is 0 Å². The van der Waals surface area contributed by atoms with E-state index in [1.807, 2.05) is 0 Å². The molecule has 0 spiro atoms. The number of aryl methyl sites for hydroxylation is 1. The number of rotatable bonds is 3. The standard InChI is InChI=1S/C12H15Br/c1-2-3-9-6-11(10-4-5-10)8-12(13)7-9/h6-8,10H,2-5H2,1H3. The van der Waals surface area contributed by atoms with Crippen molar-refractivity contribution in [1.82, 2.24) is 0 Å². The summed E-state index contributed by atoms with van der Waals surface area (Å²) in [4.78, 5) is 0. The molecule has 1 aliphatic carbocycles. The SMILES string of the molecule is CCCc1cc(Br)cc(C2CC2)c1. The van der Waals surface area contributed by atoms with Gasteiger partial charge in [-0.3, -0.25) is 0 Å². The molecule has 0 radical (unpaired) electrons. The molecule has 0 atom stereocenters. The Morgan fingerprint density at radius 2 is 2.08 bits per heavy atom. The van der Waals surface area contributed by atoms with E-state index in [2.05, 4.69) is 41.1 Å². The van der Waals surface area contributed by atoms with E-state index in [1.165, 1.54) is 41.3 Å². The van der Waals surface area contributed by atoms with Gasteiger partial charge in [0, 0.05) is 4.47 Å². The minimum Gasteiger partial charge on any atom is -0.0651 e. The molecule has 1 aromatic rings. The Hall–Kier alpha value is -0.300. The van der Waals surface area contributed by atoms with Crippen LogP contribution in [0.2, 0.25) is 0 Å². The number of benzene rings is 1. The molecule has 0 aliphatic heterocycles. The molecule has 1 heteroatoms. The predicted octanol–water partition coefficient (Wildman–Crippen LogP) is 4.28. The summed E-state index contributed by atoms with van der Waals surface area (Å²) < 4.78 is 1.25. The van der Waals surface area contributed by atoms with E-state index in [4.69, 9.17) is 0 Å². The van der Waals surface area contributed by atoms with E-state index in [9.17, 15) is 0 Å². The number of halogens is 1. The Bertz CT molecular complexity index is 300. The number of hydrogen-bond acceptors (Lipinski definition) is 0. The Balaban J connectivity index is 2.25. The van der Waals surface area contributed by atoms with Crippen molar-refractivity contribution in [3.05, 3.63) is 33.8 Å². The maximum absolute atomic E-state index is 3.58. The zero-order chi connectivity index (χ0) is 9.26. The summed E-state index contributed by atoms with van der Waals surface area (Å²) in [6.07, 6.45) is 5.23. The van der Waals surface area contributed by atoms with Crippen LogP contribution >= 0.6 is 15.9 Å². The third-order valence-corrected chi connectivity index (χ3v) is 3.03. The van der Waals surface area contributed by atoms with E-state index in [0.717, 1.165) is 5.92 Å². The molecule has 1 aromatic carbocycles. The molecule has 0 saturated heterocycles. The van der Waals surface area contributed by atoms with Gasteiger partial charge >= 0.3 is 0 Å². The monoisotopic (exact) mass is 238 g/mol. The maximum atomic E-state index is 3.58. The molecule has 0 amide bonds. The van der Waals surface area contributed by atoms with Crippen molar-refractivity contribution in [2.45, 2.75) is 38.5 Å². The molecule has 0 heterocycles. The van der Waals surface area contributed by atoms with Gasteiger partial charge in [0.15, 0.2) is 0 Å². The first-order valence-corrected chi connectivity index (χ1v) is 5.88. The molecule has 13 heavy (non-hydrogen) atoms. The molecule has 1 aliphatic rings. The third-order valence-electron chi connectivity index (χ3n) is 2.57. The van der Waals surface area contributed by atoms with Crippen molar-refractivity contribution in [2.75, 3.05) is 0 Å². The lowest BCUT2D eigenvalue weighted by Gasteiger charge is -2.04. The topological polar surface area (TPSA) is 0 Å². The average molecular weight is 239 g/mol. The summed E-state index contributed by atoms with van der Waals surface area (Å²) in [6, 6.07) is 6.90. The molecular weight excluding hydrogens is 224 g/mol. The summed E-state index contributed by atoms with van der Waals surface area (Å²) in [6.45, 7) is 2.23. The Kier molecular flexibility index (Phi) is 2.73. The van der Waals surface area contributed by atoms with Gasteiger partial charge in [-0.25, -0.2) is 0 Å². The summed E-state index contributed by atoms with van der Waals surface area (Å²) in [5.74, 6) is 0.869. The highest BCUT2D eigenvalue weighted by Gasteiger charge is 2.23. The summed E-state index contributed by atoms with van der Waals surface area (Å²) in [7, 11) is 0. The van der Waals surface area contributed by atoms with Gasteiger partial charge in [-0.2, -0.15) is 0 Å². The van der Waals surface area contributed by atoms with Crippen molar-refractivity contribution in [2.24, 2.45) is 0 Å². The molecule has 1 saturated carbocycles. The summed E-state index contributed by atoms with van der Waals surface area (Å²) >= 11 is 3.58. The Morgan fingerprint density at radius 1 is 1.31 bits per heavy atom. The smallest absolute Gasteiger partial charge is 0.0180 e. The minimum atomic E-state index is 0.869. The van der Waals surface area contributed by atoms with Gasteiger partial charge in [-0.1, -0.05) is 35.3 Å². The fraction of sp³-hybridized carbons (Fsp3) is 0.500. The summed E-state index contributed by atoms with van der Waals surface area (Å²) in [5, 5.41) is 0. The molecular formula is C12H15Br. The zero-order valence-corrected chi connectivity index (χ0v) is 9.60. The van der Waals surface area contributed by atoms with Gasteiger partial charge in [-0.05, 0) is 48.4 Å². The normalized spacial score (nSPS) is 16.2. The van der Waals surface area contributed by atoms with Crippen LogP contribution in [0.4, 0.5) is 0 Å². The van der Waals surface area contributed by atoms with Gasteiger partial charge in [-0.15, -0.1) is 0 Å². The third kappa shape index (κ3) is 2.34. The zero-order valence-electron chi connectivity index (χ0n) is 8.02. The van der Waals surface area contributed by atoms with Crippen LogP contribution in [0.1, 0.15) is 43.2 Å². The highest BCUT2D eigenvalue weighted by Crippen LogP contribution is 2.41. The van der Waals surface area contributed by atoms with Crippen LogP contribution in [-0.2, 0) is 6.42 Å². The lowest BCUT2D eigenvalue weighted by molar-refractivity contribution is 0.915. The van der Waals surface area contributed by atoms with Crippen LogP contribution < -0.4 is 0 Å². The van der Waals surface area contributed by atoms with Gasteiger partial charge in [0.25, 0.3) is 0 Å². The molecule has 1 fully saturated rings. The predicted molar refractivity (Wildman–Crippen MR) is 60.1 cm³/mol. The van der Waals surface area contributed by atoms with Gasteiger partial charge in [0.1, 0.15) is 0 Å². The second kappa shape index (κ2) is 3.83. The van der Waals surface area contributed by atoms with E-state index < -0.39 is 0 Å². The maximum Gasteiger partial charge on any atom is 0.0180 e. The second-order valence-electron chi connectivity index (χ2n) is 3.92. The van der Waals surface area contributed by atoms with Crippen molar-refractivity contribution >= 4 is 15.9 Å². The first kappa shape index (κ1) is 9.26. The molecule has 0 N–H and O–H groups in total. The fourth-order valence-electron chi connectivity index (χ4n) is 1.76. The van der Waals surface area contributed by atoms with Crippen LogP contribution in [-0.4, -0.2) is 0 Å². The van der Waals surface area contributed by atoms with E-state index in [0.29, 0.717) is 0 Å². The lowest BCUT2D eigenvalue weighted by Crippen LogP contribution is -1.87. The van der Waals surface area contributed by atoms with Crippen molar-refractivity contribution in [1.29, 1.82) is 0 Å². The second-order valence-corrected chi connectivity index (χ2v) is 4.83. The van der Waals surface area contributed by atoms with E-state index in [-0.39, 0.29) is 0 Å². The fourth-order valence-corrected chi connectivity index (χ4v) is 2.32. The molecule has 70 valence electrons. The average Bonchev–Trinajstić information content (AvgIpc) is 2.85. The summed E-state index contributed by atoms with van der Waals surface area (Å²) in [5.41, 5.74) is 3.02.